The molecule has 27 heavy (non-hydrogen) atoms. The van der Waals surface area contributed by atoms with Gasteiger partial charge in [0.15, 0.2) is 5.82 Å². The van der Waals surface area contributed by atoms with E-state index in [1.807, 2.05) is 7.05 Å². The number of anilines is 1. The number of hydrogen-bond donors (Lipinski definition) is 2. The number of rotatable bonds is 3. The molecule has 0 bridgehead atoms. The lowest BCUT2D eigenvalue weighted by Crippen LogP contribution is -2.27. The molecule has 1 aromatic carbocycles. The van der Waals surface area contributed by atoms with Gasteiger partial charge < -0.3 is 5.32 Å². The van der Waals surface area contributed by atoms with E-state index in [1.165, 1.54) is 17.5 Å². The molecule has 2 aromatic rings. The van der Waals surface area contributed by atoms with Gasteiger partial charge in [0, 0.05) is 24.3 Å². The van der Waals surface area contributed by atoms with Crippen LogP contribution in [0.25, 0.3) is 0 Å². The summed E-state index contributed by atoms with van der Waals surface area (Å²) in [6, 6.07) is 8.65. The summed E-state index contributed by atoms with van der Waals surface area (Å²) in [5, 5.41) is 11.0. The van der Waals surface area contributed by atoms with E-state index in [0.29, 0.717) is 11.9 Å². The van der Waals surface area contributed by atoms with Crippen molar-refractivity contribution >= 4 is 11.9 Å². The smallest absolute Gasteiger partial charge is 0.230 e. The zero-order valence-corrected chi connectivity index (χ0v) is 15.9. The molecule has 3 aliphatic rings. The van der Waals surface area contributed by atoms with Crippen molar-refractivity contribution in [3.8, 4) is 0 Å². The van der Waals surface area contributed by atoms with Gasteiger partial charge in [-0.3, -0.25) is 10.1 Å². The van der Waals surface area contributed by atoms with Crippen LogP contribution in [0.5, 0.6) is 0 Å². The highest BCUT2D eigenvalue weighted by Crippen LogP contribution is 2.60. The van der Waals surface area contributed by atoms with Crippen LogP contribution in [-0.4, -0.2) is 33.8 Å². The Morgan fingerprint density at radius 2 is 2.11 bits per heavy atom. The summed E-state index contributed by atoms with van der Waals surface area (Å²) in [6.45, 7) is 2.02. The number of carbonyl (C=O) groups is 1. The van der Waals surface area contributed by atoms with E-state index >= 15 is 0 Å². The van der Waals surface area contributed by atoms with Gasteiger partial charge in [0.1, 0.15) is 0 Å². The number of piperidine rings is 1. The maximum atomic E-state index is 13.0. The molecule has 1 aromatic heterocycles. The van der Waals surface area contributed by atoms with E-state index in [0.717, 1.165) is 51.0 Å². The maximum Gasteiger partial charge on any atom is 0.230 e. The summed E-state index contributed by atoms with van der Waals surface area (Å²) >= 11 is 0. The monoisotopic (exact) mass is 365 g/mol. The van der Waals surface area contributed by atoms with Crippen molar-refractivity contribution in [2.75, 3.05) is 18.4 Å². The van der Waals surface area contributed by atoms with Crippen LogP contribution >= 0.6 is 0 Å². The van der Waals surface area contributed by atoms with Crippen LogP contribution in [0.3, 0.4) is 0 Å². The first-order chi connectivity index (χ1) is 13.2. The number of amides is 1. The summed E-state index contributed by atoms with van der Waals surface area (Å²) in [6.07, 6.45) is 6.48. The van der Waals surface area contributed by atoms with E-state index < -0.39 is 0 Å². The number of aromatic nitrogens is 3. The third kappa shape index (κ3) is 2.87. The summed E-state index contributed by atoms with van der Waals surface area (Å²) in [5.41, 5.74) is 2.87. The zero-order chi connectivity index (χ0) is 18.4. The Morgan fingerprint density at radius 3 is 2.96 bits per heavy atom. The minimum Gasteiger partial charge on any atom is -0.317 e. The summed E-state index contributed by atoms with van der Waals surface area (Å²) in [4.78, 5) is 17.6. The summed E-state index contributed by atoms with van der Waals surface area (Å²) < 4.78 is 1.72. The predicted molar refractivity (Wildman–Crippen MR) is 104 cm³/mol. The van der Waals surface area contributed by atoms with Crippen molar-refractivity contribution in [1.82, 2.24) is 20.1 Å². The lowest BCUT2D eigenvalue weighted by molar-refractivity contribution is -0.117. The highest BCUT2D eigenvalue weighted by molar-refractivity contribution is 5.95. The molecule has 1 saturated heterocycles. The van der Waals surface area contributed by atoms with Crippen LogP contribution < -0.4 is 10.6 Å². The van der Waals surface area contributed by atoms with E-state index in [-0.39, 0.29) is 17.2 Å². The SMILES string of the molecule is Cn1nc(C2CCNCC2)nc1NC(=O)C1CC12CCCc1ccccc12. The Bertz CT molecular complexity index is 869. The molecule has 6 nitrogen and oxygen atoms in total. The molecule has 5 rings (SSSR count). The van der Waals surface area contributed by atoms with Crippen LogP contribution in [0, 0.1) is 5.92 Å². The van der Waals surface area contributed by atoms with Gasteiger partial charge in [-0.15, -0.1) is 0 Å². The largest absolute Gasteiger partial charge is 0.317 e. The van der Waals surface area contributed by atoms with E-state index in [1.54, 1.807) is 4.68 Å². The van der Waals surface area contributed by atoms with Crippen LogP contribution in [0.4, 0.5) is 5.95 Å². The van der Waals surface area contributed by atoms with E-state index in [2.05, 4.69) is 45.0 Å². The third-order valence-electron chi connectivity index (χ3n) is 6.73. The Labute approximate surface area is 159 Å². The highest BCUT2D eigenvalue weighted by atomic mass is 16.2. The van der Waals surface area contributed by atoms with Gasteiger partial charge in [-0.1, -0.05) is 24.3 Å². The van der Waals surface area contributed by atoms with Crippen LogP contribution in [-0.2, 0) is 23.7 Å². The average Bonchev–Trinajstić information content (AvgIpc) is 3.30. The minimum atomic E-state index is 0.0510. The van der Waals surface area contributed by atoms with Crippen molar-refractivity contribution in [3.63, 3.8) is 0 Å². The molecule has 2 fully saturated rings. The lowest BCUT2D eigenvalue weighted by atomic mass is 9.78. The average molecular weight is 365 g/mol. The number of benzene rings is 1. The van der Waals surface area contributed by atoms with Gasteiger partial charge in [0.05, 0.1) is 0 Å². The Kier molecular flexibility index (Phi) is 4.04. The molecule has 1 spiro atoms. The normalized spacial score (nSPS) is 27.4. The van der Waals surface area contributed by atoms with Gasteiger partial charge in [0.25, 0.3) is 0 Å². The Morgan fingerprint density at radius 1 is 1.30 bits per heavy atom. The van der Waals surface area contributed by atoms with Crippen LogP contribution in [0.15, 0.2) is 24.3 Å². The van der Waals surface area contributed by atoms with Gasteiger partial charge in [0.2, 0.25) is 11.9 Å². The second-order valence-electron chi connectivity index (χ2n) is 8.35. The Hall–Kier alpha value is -2.21. The van der Waals surface area contributed by atoms with Gasteiger partial charge in [-0.05, 0) is 62.7 Å². The van der Waals surface area contributed by atoms with Crippen molar-refractivity contribution in [2.45, 2.75) is 49.9 Å². The quantitative estimate of drug-likeness (QED) is 0.877. The molecule has 1 aliphatic heterocycles. The highest BCUT2D eigenvalue weighted by Gasteiger charge is 2.60. The molecule has 2 heterocycles. The summed E-state index contributed by atoms with van der Waals surface area (Å²) in [5.74, 6) is 1.99. The van der Waals surface area contributed by atoms with Gasteiger partial charge in [-0.2, -0.15) is 10.1 Å². The number of nitrogens with zero attached hydrogens (tertiary/aromatic N) is 3. The maximum absolute atomic E-state index is 13.0. The lowest BCUT2D eigenvalue weighted by Gasteiger charge is -2.26. The molecular formula is C21H27N5O. The first-order valence-electron chi connectivity index (χ1n) is 10.2. The first-order valence-corrected chi connectivity index (χ1v) is 10.2. The third-order valence-corrected chi connectivity index (χ3v) is 6.73. The standard InChI is InChI=1S/C21H27N5O/c1-26-20(23-18(25-26)15-8-11-22-12-9-15)24-19(27)17-13-21(17)10-4-6-14-5-2-3-7-16(14)21/h2-3,5,7,15,17,22H,4,6,8-13H2,1H3,(H,23,24,25,27). The summed E-state index contributed by atoms with van der Waals surface area (Å²) in [7, 11) is 1.87. The molecule has 142 valence electrons. The number of aryl methyl sites for hydroxylation is 2. The van der Waals surface area contributed by atoms with Crippen LogP contribution in [0.1, 0.15) is 55.0 Å². The zero-order valence-electron chi connectivity index (χ0n) is 15.9. The molecule has 0 radical (unpaired) electrons. The second-order valence-corrected chi connectivity index (χ2v) is 8.35. The van der Waals surface area contributed by atoms with Crippen molar-refractivity contribution in [2.24, 2.45) is 13.0 Å². The molecule has 1 saturated carbocycles. The van der Waals surface area contributed by atoms with Crippen molar-refractivity contribution in [3.05, 3.63) is 41.2 Å². The number of fused-ring (bicyclic) bond motifs is 2. The predicted octanol–water partition coefficient (Wildman–Crippen LogP) is 2.51. The first kappa shape index (κ1) is 16.9. The van der Waals surface area contributed by atoms with Crippen LogP contribution in [0.2, 0.25) is 0 Å². The molecule has 6 heteroatoms. The number of hydrogen-bond acceptors (Lipinski definition) is 4. The topological polar surface area (TPSA) is 71.8 Å². The fraction of sp³-hybridized carbons (Fsp3) is 0.571. The molecule has 1 amide bonds. The number of nitrogens with one attached hydrogen (secondary N) is 2. The van der Waals surface area contributed by atoms with Gasteiger partial charge in [-0.25, -0.2) is 4.68 Å². The van der Waals surface area contributed by atoms with Crippen molar-refractivity contribution in [1.29, 1.82) is 0 Å². The fourth-order valence-corrected chi connectivity index (χ4v) is 5.14. The molecule has 2 aliphatic carbocycles. The molecule has 2 unspecified atom stereocenters. The second kappa shape index (κ2) is 6.44. The van der Waals surface area contributed by atoms with E-state index in [4.69, 9.17) is 0 Å². The van der Waals surface area contributed by atoms with Gasteiger partial charge >= 0.3 is 0 Å². The molecule has 2 atom stereocenters. The van der Waals surface area contributed by atoms with E-state index in [9.17, 15) is 4.79 Å². The minimum absolute atomic E-state index is 0.0510. The Balaban J connectivity index is 1.32. The van der Waals surface area contributed by atoms with Crippen molar-refractivity contribution < 1.29 is 4.79 Å². The molecule has 2 N–H and O–H groups in total. The molecular weight excluding hydrogens is 338 g/mol. The number of carbonyl (C=O) groups excluding carboxylic acids is 1. The fourth-order valence-electron chi connectivity index (χ4n) is 5.14.